The Kier molecular flexibility index (Phi) is 5.28. The van der Waals surface area contributed by atoms with Crippen molar-refractivity contribution >= 4 is 5.91 Å². The van der Waals surface area contributed by atoms with E-state index in [0.29, 0.717) is 17.9 Å². The fraction of sp³-hybridized carbons (Fsp3) is 0.500. The first kappa shape index (κ1) is 14.6. The van der Waals surface area contributed by atoms with E-state index in [1.165, 1.54) is 6.07 Å². The molecule has 1 aromatic rings. The van der Waals surface area contributed by atoms with Gasteiger partial charge in [0.15, 0.2) is 0 Å². The quantitative estimate of drug-likeness (QED) is 0.845. The molecule has 0 aromatic heterocycles. The van der Waals surface area contributed by atoms with Crippen LogP contribution in [0.25, 0.3) is 0 Å². The standard InChI is InChI=1S/C14H21FN2O/c1-9(2)8-13(16)14(18)17-10(3)11-6-4-5-7-12(11)15/h4-7,9-10,13H,8,16H2,1-3H3,(H,17,18). The molecule has 100 valence electrons. The van der Waals surface area contributed by atoms with Crippen molar-refractivity contribution < 1.29 is 9.18 Å². The molecule has 0 spiro atoms. The molecule has 18 heavy (non-hydrogen) atoms. The van der Waals surface area contributed by atoms with Crippen molar-refractivity contribution in [2.75, 3.05) is 0 Å². The Morgan fingerprint density at radius 2 is 1.94 bits per heavy atom. The number of nitrogens with one attached hydrogen (secondary N) is 1. The van der Waals surface area contributed by atoms with Gasteiger partial charge in [0.2, 0.25) is 5.91 Å². The van der Waals surface area contributed by atoms with Crippen LogP contribution >= 0.6 is 0 Å². The highest BCUT2D eigenvalue weighted by Gasteiger charge is 2.18. The molecule has 0 heterocycles. The molecular weight excluding hydrogens is 231 g/mol. The average Bonchev–Trinajstić information content (AvgIpc) is 2.28. The zero-order chi connectivity index (χ0) is 13.7. The van der Waals surface area contributed by atoms with Gasteiger partial charge in [0.25, 0.3) is 0 Å². The topological polar surface area (TPSA) is 55.1 Å². The van der Waals surface area contributed by atoms with Crippen molar-refractivity contribution in [1.29, 1.82) is 0 Å². The van der Waals surface area contributed by atoms with Gasteiger partial charge >= 0.3 is 0 Å². The number of hydrogen-bond acceptors (Lipinski definition) is 2. The summed E-state index contributed by atoms with van der Waals surface area (Å²) >= 11 is 0. The number of carbonyl (C=O) groups is 1. The fourth-order valence-electron chi connectivity index (χ4n) is 1.84. The second-order valence-corrected chi connectivity index (χ2v) is 4.99. The minimum atomic E-state index is -0.542. The maximum Gasteiger partial charge on any atom is 0.237 e. The average molecular weight is 252 g/mol. The number of halogens is 1. The highest BCUT2D eigenvalue weighted by molar-refractivity contribution is 5.81. The lowest BCUT2D eigenvalue weighted by Gasteiger charge is -2.19. The van der Waals surface area contributed by atoms with Crippen molar-refractivity contribution in [1.82, 2.24) is 5.32 Å². The van der Waals surface area contributed by atoms with Gasteiger partial charge in [-0.3, -0.25) is 4.79 Å². The third kappa shape index (κ3) is 4.11. The van der Waals surface area contributed by atoms with Gasteiger partial charge in [-0.2, -0.15) is 0 Å². The van der Waals surface area contributed by atoms with Crippen LogP contribution < -0.4 is 11.1 Å². The van der Waals surface area contributed by atoms with Crippen molar-refractivity contribution in [2.24, 2.45) is 11.7 Å². The Labute approximate surface area is 108 Å². The SMILES string of the molecule is CC(C)CC(N)C(=O)NC(C)c1ccccc1F. The molecule has 0 saturated heterocycles. The fourth-order valence-corrected chi connectivity index (χ4v) is 1.84. The van der Waals surface area contributed by atoms with Crippen LogP contribution in [0.15, 0.2) is 24.3 Å². The summed E-state index contributed by atoms with van der Waals surface area (Å²) in [5.74, 6) is -0.197. The number of rotatable bonds is 5. The molecule has 1 rings (SSSR count). The molecule has 2 atom stereocenters. The number of nitrogens with two attached hydrogens (primary N) is 1. The first-order chi connectivity index (χ1) is 8.41. The second-order valence-electron chi connectivity index (χ2n) is 4.99. The van der Waals surface area contributed by atoms with Crippen LogP contribution in [0, 0.1) is 11.7 Å². The third-order valence-electron chi connectivity index (χ3n) is 2.79. The van der Waals surface area contributed by atoms with Gasteiger partial charge in [-0.1, -0.05) is 32.0 Å². The minimum Gasteiger partial charge on any atom is -0.348 e. The van der Waals surface area contributed by atoms with Crippen LogP contribution in [0.2, 0.25) is 0 Å². The molecule has 0 fully saturated rings. The summed E-state index contributed by atoms with van der Waals surface area (Å²) in [6, 6.07) is 5.49. The Bertz CT molecular complexity index is 407. The lowest BCUT2D eigenvalue weighted by Crippen LogP contribution is -2.42. The zero-order valence-electron chi connectivity index (χ0n) is 11.1. The maximum absolute atomic E-state index is 13.5. The molecule has 2 unspecified atom stereocenters. The predicted molar refractivity (Wildman–Crippen MR) is 70.4 cm³/mol. The highest BCUT2D eigenvalue weighted by Crippen LogP contribution is 2.16. The van der Waals surface area contributed by atoms with Gasteiger partial charge in [0.05, 0.1) is 12.1 Å². The zero-order valence-corrected chi connectivity index (χ0v) is 11.1. The first-order valence-corrected chi connectivity index (χ1v) is 6.22. The van der Waals surface area contributed by atoms with E-state index >= 15 is 0 Å². The Morgan fingerprint density at radius 1 is 1.33 bits per heavy atom. The molecule has 0 aliphatic heterocycles. The molecule has 1 aromatic carbocycles. The molecule has 3 nitrogen and oxygen atoms in total. The lowest BCUT2D eigenvalue weighted by molar-refractivity contribution is -0.123. The largest absolute Gasteiger partial charge is 0.348 e. The molecule has 3 N–H and O–H groups in total. The number of benzene rings is 1. The Balaban J connectivity index is 2.62. The van der Waals surface area contributed by atoms with Gasteiger partial charge in [0.1, 0.15) is 5.82 Å². The summed E-state index contributed by atoms with van der Waals surface area (Å²) in [4.78, 5) is 11.8. The van der Waals surface area contributed by atoms with E-state index in [2.05, 4.69) is 5.32 Å². The van der Waals surface area contributed by atoms with E-state index in [9.17, 15) is 9.18 Å². The minimum absolute atomic E-state index is 0.237. The monoisotopic (exact) mass is 252 g/mol. The molecular formula is C14H21FN2O. The molecule has 0 aliphatic carbocycles. The van der Waals surface area contributed by atoms with Gasteiger partial charge < -0.3 is 11.1 Å². The first-order valence-electron chi connectivity index (χ1n) is 6.22. The van der Waals surface area contributed by atoms with Crippen molar-refractivity contribution in [3.8, 4) is 0 Å². The van der Waals surface area contributed by atoms with Gasteiger partial charge in [0, 0.05) is 5.56 Å². The lowest BCUT2D eigenvalue weighted by atomic mass is 10.0. The summed E-state index contributed by atoms with van der Waals surface area (Å²) < 4.78 is 13.5. The van der Waals surface area contributed by atoms with Crippen molar-refractivity contribution in [3.05, 3.63) is 35.6 Å². The van der Waals surface area contributed by atoms with Gasteiger partial charge in [-0.15, -0.1) is 0 Å². The van der Waals surface area contributed by atoms with E-state index in [1.807, 2.05) is 13.8 Å². The van der Waals surface area contributed by atoms with Crippen LogP contribution in [0.5, 0.6) is 0 Å². The molecule has 0 aliphatic rings. The van der Waals surface area contributed by atoms with Crippen LogP contribution in [0.1, 0.15) is 38.8 Å². The Morgan fingerprint density at radius 3 is 2.50 bits per heavy atom. The van der Waals surface area contributed by atoms with Gasteiger partial charge in [-0.25, -0.2) is 4.39 Å². The normalized spacial score (nSPS) is 14.3. The van der Waals surface area contributed by atoms with E-state index in [1.54, 1.807) is 25.1 Å². The number of hydrogen-bond donors (Lipinski definition) is 2. The summed E-state index contributed by atoms with van der Waals surface area (Å²) in [5.41, 5.74) is 6.25. The van der Waals surface area contributed by atoms with Crippen molar-refractivity contribution in [2.45, 2.75) is 39.3 Å². The summed E-state index contributed by atoms with van der Waals surface area (Å²) in [6.45, 7) is 5.76. The smallest absolute Gasteiger partial charge is 0.237 e. The highest BCUT2D eigenvalue weighted by atomic mass is 19.1. The van der Waals surface area contributed by atoms with E-state index in [4.69, 9.17) is 5.73 Å². The van der Waals surface area contributed by atoms with Gasteiger partial charge in [-0.05, 0) is 25.3 Å². The van der Waals surface area contributed by atoms with Crippen LogP contribution in [0.4, 0.5) is 4.39 Å². The van der Waals surface area contributed by atoms with E-state index in [-0.39, 0.29) is 17.8 Å². The number of carbonyl (C=O) groups excluding carboxylic acids is 1. The Hall–Kier alpha value is -1.42. The van der Waals surface area contributed by atoms with E-state index in [0.717, 1.165) is 0 Å². The molecule has 0 radical (unpaired) electrons. The maximum atomic E-state index is 13.5. The van der Waals surface area contributed by atoms with Crippen LogP contribution in [0.3, 0.4) is 0 Å². The summed E-state index contributed by atoms with van der Waals surface area (Å²) in [6.07, 6.45) is 0.621. The molecule has 1 amide bonds. The van der Waals surface area contributed by atoms with Crippen LogP contribution in [-0.4, -0.2) is 11.9 Å². The number of amides is 1. The predicted octanol–water partition coefficient (Wildman–Crippen LogP) is 2.38. The molecule has 4 heteroatoms. The van der Waals surface area contributed by atoms with Crippen molar-refractivity contribution in [3.63, 3.8) is 0 Å². The second kappa shape index (κ2) is 6.50. The third-order valence-corrected chi connectivity index (χ3v) is 2.79. The molecule has 0 bridgehead atoms. The summed E-state index contributed by atoms with van der Waals surface area (Å²) in [7, 11) is 0. The summed E-state index contributed by atoms with van der Waals surface area (Å²) in [5, 5.41) is 2.74. The van der Waals surface area contributed by atoms with Crippen LogP contribution in [-0.2, 0) is 4.79 Å². The molecule has 0 saturated carbocycles. The van der Waals surface area contributed by atoms with E-state index < -0.39 is 6.04 Å².